The van der Waals surface area contributed by atoms with Crippen molar-refractivity contribution in [2.45, 2.75) is 47.0 Å². The molecule has 0 aliphatic heterocycles. The molecule has 0 bridgehead atoms. The number of rotatable bonds is 7. The summed E-state index contributed by atoms with van der Waals surface area (Å²) >= 11 is 0. The number of hydrogen-bond acceptors (Lipinski definition) is 1. The van der Waals surface area contributed by atoms with Gasteiger partial charge in [0.1, 0.15) is 0 Å². The van der Waals surface area contributed by atoms with E-state index in [1.807, 2.05) is 7.05 Å². The Labute approximate surface area is 95.7 Å². The van der Waals surface area contributed by atoms with E-state index in [-0.39, 0.29) is 5.41 Å². The summed E-state index contributed by atoms with van der Waals surface area (Å²) in [7, 11) is 1.97. The maximum Gasteiger partial charge on any atom is 0.0149 e. The van der Waals surface area contributed by atoms with Gasteiger partial charge in [-0.25, -0.2) is 0 Å². The predicted molar refractivity (Wildman–Crippen MR) is 69.8 cm³/mol. The van der Waals surface area contributed by atoms with Crippen molar-refractivity contribution in [3.8, 4) is 0 Å². The van der Waals surface area contributed by atoms with Crippen molar-refractivity contribution in [3.63, 3.8) is 0 Å². The van der Waals surface area contributed by atoms with Crippen LogP contribution in [0.2, 0.25) is 0 Å². The first kappa shape index (κ1) is 14.3. The van der Waals surface area contributed by atoms with Crippen LogP contribution in [0.1, 0.15) is 47.0 Å². The molecule has 1 nitrogen and oxygen atoms in total. The fourth-order valence-electron chi connectivity index (χ4n) is 2.37. The van der Waals surface area contributed by atoms with E-state index in [4.69, 9.17) is 0 Å². The van der Waals surface area contributed by atoms with Gasteiger partial charge >= 0.3 is 0 Å². The van der Waals surface area contributed by atoms with Gasteiger partial charge in [0.2, 0.25) is 0 Å². The molecule has 0 saturated heterocycles. The Kier molecular flexibility index (Phi) is 6.38. The van der Waals surface area contributed by atoms with Crippen LogP contribution >= 0.6 is 0 Å². The molecule has 1 N–H and O–H groups in total. The molecule has 0 aromatic carbocycles. The first-order chi connectivity index (χ1) is 7.08. The molecule has 0 saturated carbocycles. The minimum absolute atomic E-state index is 0.209. The van der Waals surface area contributed by atoms with Crippen LogP contribution in [0.5, 0.6) is 0 Å². The molecule has 0 rings (SSSR count). The van der Waals surface area contributed by atoms with Gasteiger partial charge in [-0.2, -0.15) is 0 Å². The third-order valence-electron chi connectivity index (χ3n) is 3.70. The minimum atomic E-state index is 0.209. The van der Waals surface area contributed by atoms with Gasteiger partial charge in [0, 0.05) is 18.2 Å². The van der Waals surface area contributed by atoms with Crippen LogP contribution in [0.25, 0.3) is 0 Å². The van der Waals surface area contributed by atoms with E-state index in [0.29, 0.717) is 5.92 Å². The molecule has 1 atom stereocenters. The molecule has 0 radical (unpaired) electrons. The zero-order valence-electron chi connectivity index (χ0n) is 11.1. The topological polar surface area (TPSA) is 12.0 Å². The van der Waals surface area contributed by atoms with Gasteiger partial charge in [-0.3, -0.25) is 0 Å². The summed E-state index contributed by atoms with van der Waals surface area (Å²) in [6.07, 6.45) is 7.97. The van der Waals surface area contributed by atoms with Crippen LogP contribution in [0.15, 0.2) is 24.4 Å². The second-order valence-electron chi connectivity index (χ2n) is 4.22. The average molecular weight is 209 g/mol. The molecule has 0 aliphatic carbocycles. The lowest BCUT2D eigenvalue weighted by atomic mass is 9.69. The highest BCUT2D eigenvalue weighted by atomic mass is 14.9. The quantitative estimate of drug-likeness (QED) is 0.622. The molecule has 0 aromatic heterocycles. The monoisotopic (exact) mass is 209 g/mol. The molecule has 0 aromatic rings. The highest BCUT2D eigenvalue weighted by Gasteiger charge is 2.33. The molecule has 88 valence electrons. The molecule has 15 heavy (non-hydrogen) atoms. The average Bonchev–Trinajstić information content (AvgIpc) is 2.28. The van der Waals surface area contributed by atoms with Gasteiger partial charge < -0.3 is 5.32 Å². The molecule has 1 unspecified atom stereocenters. The fourth-order valence-corrected chi connectivity index (χ4v) is 2.37. The molecule has 0 spiro atoms. The van der Waals surface area contributed by atoms with Crippen LogP contribution in [0.3, 0.4) is 0 Å². The van der Waals surface area contributed by atoms with Gasteiger partial charge in [-0.05, 0) is 25.2 Å². The normalized spacial score (nSPS) is 14.2. The van der Waals surface area contributed by atoms with Crippen LogP contribution in [0, 0.1) is 11.3 Å². The first-order valence-corrected chi connectivity index (χ1v) is 6.12. The number of hydrogen-bond donors (Lipinski definition) is 1. The Morgan fingerprint density at radius 3 is 2.20 bits per heavy atom. The first-order valence-electron chi connectivity index (χ1n) is 6.12. The van der Waals surface area contributed by atoms with Crippen molar-refractivity contribution in [2.24, 2.45) is 11.3 Å². The van der Waals surface area contributed by atoms with E-state index in [9.17, 15) is 0 Å². The van der Waals surface area contributed by atoms with E-state index >= 15 is 0 Å². The van der Waals surface area contributed by atoms with Crippen LogP contribution in [0.4, 0.5) is 0 Å². The zero-order valence-corrected chi connectivity index (χ0v) is 11.1. The molecule has 0 heterocycles. The van der Waals surface area contributed by atoms with Gasteiger partial charge in [-0.1, -0.05) is 46.4 Å². The molecular formula is C14H27N. The summed E-state index contributed by atoms with van der Waals surface area (Å²) < 4.78 is 0. The van der Waals surface area contributed by atoms with Crippen molar-refractivity contribution >= 4 is 0 Å². The lowest BCUT2D eigenvalue weighted by Crippen LogP contribution is -2.33. The lowest BCUT2D eigenvalue weighted by molar-refractivity contribution is 0.237. The number of nitrogens with one attached hydrogen (secondary N) is 1. The van der Waals surface area contributed by atoms with Gasteiger partial charge in [0.15, 0.2) is 0 Å². The SMILES string of the molecule is C=C(NC)C(CC)(CC)C(C)/C=C\CC. The second kappa shape index (κ2) is 6.71. The standard InChI is InChI=1S/C14H27N/c1-7-10-11-12(4)14(8-2,9-3)13(5)15-6/h10-12,15H,5,7-9H2,1-4,6H3/b11-10-. The van der Waals surface area contributed by atoms with E-state index in [1.165, 1.54) is 5.70 Å². The summed E-state index contributed by atoms with van der Waals surface area (Å²) in [5, 5.41) is 3.24. The Hall–Kier alpha value is -0.720. The smallest absolute Gasteiger partial charge is 0.0149 e. The van der Waals surface area contributed by atoms with Crippen LogP contribution in [-0.2, 0) is 0 Å². The van der Waals surface area contributed by atoms with E-state index in [0.717, 1.165) is 19.3 Å². The third-order valence-corrected chi connectivity index (χ3v) is 3.70. The summed E-state index contributed by atoms with van der Waals surface area (Å²) in [6.45, 7) is 13.1. The van der Waals surface area contributed by atoms with Crippen LogP contribution in [-0.4, -0.2) is 7.05 Å². The summed E-state index contributed by atoms with van der Waals surface area (Å²) in [5.74, 6) is 0.549. The summed E-state index contributed by atoms with van der Waals surface area (Å²) in [4.78, 5) is 0. The van der Waals surface area contributed by atoms with Gasteiger partial charge in [0.25, 0.3) is 0 Å². The maximum atomic E-state index is 4.17. The maximum absolute atomic E-state index is 4.17. The zero-order chi connectivity index (χ0) is 11.9. The van der Waals surface area contributed by atoms with Crippen LogP contribution < -0.4 is 5.32 Å². The van der Waals surface area contributed by atoms with Gasteiger partial charge in [0.05, 0.1) is 0 Å². The van der Waals surface area contributed by atoms with E-state index in [2.05, 4.69) is 51.7 Å². The van der Waals surface area contributed by atoms with Crippen molar-refractivity contribution < 1.29 is 0 Å². The van der Waals surface area contributed by atoms with Gasteiger partial charge in [-0.15, -0.1) is 0 Å². The minimum Gasteiger partial charge on any atom is -0.391 e. The second-order valence-corrected chi connectivity index (χ2v) is 4.22. The van der Waals surface area contributed by atoms with Crippen molar-refractivity contribution in [3.05, 3.63) is 24.4 Å². The Balaban J connectivity index is 4.91. The molecule has 0 fully saturated rings. The van der Waals surface area contributed by atoms with Crippen molar-refractivity contribution in [2.75, 3.05) is 7.05 Å². The molecule has 0 aliphatic rings. The van der Waals surface area contributed by atoms with Crippen molar-refractivity contribution in [1.82, 2.24) is 5.32 Å². The molecule has 1 heteroatoms. The van der Waals surface area contributed by atoms with E-state index in [1.54, 1.807) is 0 Å². The predicted octanol–water partition coefficient (Wildman–Crippen LogP) is 4.13. The Morgan fingerprint density at radius 2 is 1.87 bits per heavy atom. The summed E-state index contributed by atoms with van der Waals surface area (Å²) in [5.41, 5.74) is 1.38. The third kappa shape index (κ3) is 3.12. The number of allylic oxidation sites excluding steroid dienone is 3. The fraction of sp³-hybridized carbons (Fsp3) is 0.714. The summed E-state index contributed by atoms with van der Waals surface area (Å²) in [6, 6.07) is 0. The highest BCUT2D eigenvalue weighted by molar-refractivity contribution is 5.13. The largest absolute Gasteiger partial charge is 0.391 e. The lowest BCUT2D eigenvalue weighted by Gasteiger charge is -2.38. The molecular weight excluding hydrogens is 182 g/mol. The van der Waals surface area contributed by atoms with Crippen molar-refractivity contribution in [1.29, 1.82) is 0 Å². The highest BCUT2D eigenvalue weighted by Crippen LogP contribution is 2.41. The Morgan fingerprint density at radius 1 is 1.33 bits per heavy atom. The Bertz CT molecular complexity index is 211. The van der Waals surface area contributed by atoms with E-state index < -0.39 is 0 Å². The molecule has 0 amide bonds.